The number of unbranched alkanes of at least 4 members (excludes halogenated alkanes) is 2. The molecule has 1 aromatic carbocycles. The van der Waals surface area contributed by atoms with Crippen molar-refractivity contribution in [3.63, 3.8) is 0 Å². The van der Waals surface area contributed by atoms with Crippen molar-refractivity contribution in [3.05, 3.63) is 29.8 Å². The van der Waals surface area contributed by atoms with Gasteiger partial charge in [-0.1, -0.05) is 12.1 Å². The molecule has 0 heterocycles. The van der Waals surface area contributed by atoms with E-state index in [0.717, 1.165) is 50.2 Å². The third-order valence-electron chi connectivity index (χ3n) is 2.87. The van der Waals surface area contributed by atoms with Gasteiger partial charge in [-0.15, -0.1) is 0 Å². The van der Waals surface area contributed by atoms with Gasteiger partial charge in [-0.05, 0) is 43.4 Å². The van der Waals surface area contributed by atoms with Crippen LogP contribution in [-0.4, -0.2) is 26.4 Å². The highest BCUT2D eigenvalue weighted by Crippen LogP contribution is 2.12. The van der Waals surface area contributed by atoms with Crippen molar-refractivity contribution in [2.75, 3.05) is 26.4 Å². The molecule has 1 aromatic rings. The van der Waals surface area contributed by atoms with Gasteiger partial charge in [-0.2, -0.15) is 0 Å². The van der Waals surface area contributed by atoms with Gasteiger partial charge in [0.1, 0.15) is 5.75 Å². The highest BCUT2D eigenvalue weighted by Gasteiger charge is 1.95. The van der Waals surface area contributed by atoms with E-state index in [1.54, 1.807) is 0 Å². The van der Waals surface area contributed by atoms with E-state index in [1.807, 2.05) is 24.3 Å². The second kappa shape index (κ2) is 12.0. The quantitative estimate of drug-likeness (QED) is 0.602. The Morgan fingerprint density at radius 1 is 0.850 bits per heavy atom. The van der Waals surface area contributed by atoms with Gasteiger partial charge in [-0.3, -0.25) is 4.29 Å². The fraction of sp³-hybridized carbons (Fsp3) is 0.600. The molecule has 5 heteroatoms. The molecular formula is C15H24ClNO3. The Morgan fingerprint density at radius 2 is 1.55 bits per heavy atom. The molecule has 0 atom stereocenters. The van der Waals surface area contributed by atoms with Crippen molar-refractivity contribution < 1.29 is 13.8 Å². The zero-order valence-corrected chi connectivity index (χ0v) is 12.6. The van der Waals surface area contributed by atoms with Crippen LogP contribution in [0.5, 0.6) is 5.75 Å². The molecule has 0 radical (unpaired) electrons. The fourth-order valence-electron chi connectivity index (χ4n) is 1.71. The maximum absolute atomic E-state index is 5.65. The van der Waals surface area contributed by atoms with Gasteiger partial charge < -0.3 is 15.2 Å². The lowest BCUT2D eigenvalue weighted by atomic mass is 10.2. The number of nitrogens with two attached hydrogens (primary N) is 1. The molecule has 0 aliphatic carbocycles. The van der Waals surface area contributed by atoms with Crippen LogP contribution in [-0.2, 0) is 15.6 Å². The molecule has 0 aromatic heterocycles. The van der Waals surface area contributed by atoms with Crippen molar-refractivity contribution in [1.82, 2.24) is 0 Å². The van der Waals surface area contributed by atoms with E-state index in [2.05, 4.69) is 4.29 Å². The number of halogens is 1. The van der Waals surface area contributed by atoms with Crippen LogP contribution in [0.15, 0.2) is 24.3 Å². The van der Waals surface area contributed by atoms with E-state index in [9.17, 15) is 0 Å². The van der Waals surface area contributed by atoms with E-state index in [0.29, 0.717) is 19.8 Å². The summed E-state index contributed by atoms with van der Waals surface area (Å²) in [5.41, 5.74) is 6.66. The summed E-state index contributed by atoms with van der Waals surface area (Å²) >= 11 is 5.09. The fourth-order valence-corrected chi connectivity index (χ4v) is 1.82. The van der Waals surface area contributed by atoms with Crippen molar-refractivity contribution in [2.24, 2.45) is 5.73 Å². The topological polar surface area (TPSA) is 53.7 Å². The Morgan fingerprint density at radius 3 is 2.25 bits per heavy atom. The van der Waals surface area contributed by atoms with Gasteiger partial charge in [0.2, 0.25) is 0 Å². The van der Waals surface area contributed by atoms with Gasteiger partial charge in [0.25, 0.3) is 0 Å². The molecule has 0 bridgehead atoms. The number of ether oxygens (including phenoxy) is 2. The van der Waals surface area contributed by atoms with Crippen LogP contribution in [0.1, 0.15) is 31.2 Å². The van der Waals surface area contributed by atoms with Crippen LogP contribution in [0.2, 0.25) is 0 Å². The number of rotatable bonds is 12. The lowest BCUT2D eigenvalue weighted by Crippen LogP contribution is -2.02. The molecule has 114 valence electrons. The average molecular weight is 302 g/mol. The highest BCUT2D eigenvalue weighted by molar-refractivity contribution is 6.07. The minimum absolute atomic E-state index is 0.540. The first-order chi connectivity index (χ1) is 9.86. The summed E-state index contributed by atoms with van der Waals surface area (Å²) in [7, 11) is 0. The number of hydrogen-bond donors (Lipinski definition) is 1. The predicted molar refractivity (Wildman–Crippen MR) is 80.9 cm³/mol. The first kappa shape index (κ1) is 17.2. The van der Waals surface area contributed by atoms with E-state index in [1.165, 1.54) is 0 Å². The van der Waals surface area contributed by atoms with Crippen LogP contribution in [0, 0.1) is 0 Å². The van der Waals surface area contributed by atoms with Crippen LogP contribution in [0.3, 0.4) is 0 Å². The lowest BCUT2D eigenvalue weighted by molar-refractivity contribution is 0.116. The lowest BCUT2D eigenvalue weighted by Gasteiger charge is -2.07. The molecule has 0 aliphatic rings. The molecule has 0 amide bonds. The third-order valence-corrected chi connectivity index (χ3v) is 3.03. The Hall–Kier alpha value is -0.810. The van der Waals surface area contributed by atoms with Gasteiger partial charge >= 0.3 is 0 Å². The predicted octanol–water partition coefficient (Wildman–Crippen LogP) is 3.27. The van der Waals surface area contributed by atoms with Crippen LogP contribution < -0.4 is 10.5 Å². The van der Waals surface area contributed by atoms with Gasteiger partial charge in [0.05, 0.1) is 25.1 Å². The summed E-state index contributed by atoms with van der Waals surface area (Å²) in [6.45, 7) is 3.34. The smallest absolute Gasteiger partial charge is 0.119 e. The number of hydrogen-bond acceptors (Lipinski definition) is 4. The molecule has 0 saturated carbocycles. The Balaban J connectivity index is 1.91. The average Bonchev–Trinajstić information content (AvgIpc) is 2.50. The molecule has 1 rings (SSSR count). The maximum atomic E-state index is 5.65. The first-order valence-electron chi connectivity index (χ1n) is 7.10. The van der Waals surface area contributed by atoms with Crippen LogP contribution in [0.4, 0.5) is 0 Å². The largest absolute Gasteiger partial charge is 0.494 e. The van der Waals surface area contributed by atoms with Gasteiger partial charge in [0, 0.05) is 19.8 Å². The summed E-state index contributed by atoms with van der Waals surface area (Å²) in [5.74, 6) is 0.902. The van der Waals surface area contributed by atoms with E-state index < -0.39 is 0 Å². The van der Waals surface area contributed by atoms with Gasteiger partial charge in [0.15, 0.2) is 0 Å². The molecule has 0 aliphatic heterocycles. The van der Waals surface area contributed by atoms with Crippen LogP contribution in [0.25, 0.3) is 0 Å². The molecular weight excluding hydrogens is 278 g/mol. The second-order valence-corrected chi connectivity index (χ2v) is 4.75. The number of benzene rings is 1. The Labute approximate surface area is 126 Å². The van der Waals surface area contributed by atoms with Crippen molar-refractivity contribution in [3.8, 4) is 5.75 Å². The van der Waals surface area contributed by atoms with Crippen molar-refractivity contribution >= 4 is 11.9 Å². The molecule has 0 saturated heterocycles. The van der Waals surface area contributed by atoms with Crippen molar-refractivity contribution in [2.45, 2.75) is 32.2 Å². The maximum Gasteiger partial charge on any atom is 0.119 e. The summed E-state index contributed by atoms with van der Waals surface area (Å²) in [5, 5.41) is 0. The standard InChI is InChI=1S/C15H24ClNO3/c16-20-12-4-10-18-9-2-1-3-11-19-15-7-5-14(13-17)6-8-15/h5-8H,1-4,9-13,17H2. The minimum atomic E-state index is 0.540. The molecule has 20 heavy (non-hydrogen) atoms. The zero-order chi connectivity index (χ0) is 14.5. The van der Waals surface area contributed by atoms with E-state index in [4.69, 9.17) is 27.1 Å². The SMILES string of the molecule is NCc1ccc(OCCCCCOCCCOCl)cc1. The summed E-state index contributed by atoms with van der Waals surface area (Å²) < 4.78 is 15.5. The summed E-state index contributed by atoms with van der Waals surface area (Å²) in [6.07, 6.45) is 4.03. The Kier molecular flexibility index (Phi) is 10.3. The third kappa shape index (κ3) is 8.38. The normalized spacial score (nSPS) is 10.7. The van der Waals surface area contributed by atoms with E-state index >= 15 is 0 Å². The highest BCUT2D eigenvalue weighted by atomic mass is 35.5. The monoisotopic (exact) mass is 301 g/mol. The molecule has 4 nitrogen and oxygen atoms in total. The molecule has 2 N–H and O–H groups in total. The summed E-state index contributed by atoms with van der Waals surface area (Å²) in [6, 6.07) is 7.91. The van der Waals surface area contributed by atoms with E-state index in [-0.39, 0.29) is 0 Å². The first-order valence-corrected chi connectivity index (χ1v) is 7.40. The molecule has 0 fully saturated rings. The van der Waals surface area contributed by atoms with Crippen LogP contribution >= 0.6 is 11.9 Å². The minimum Gasteiger partial charge on any atom is -0.494 e. The van der Waals surface area contributed by atoms with Gasteiger partial charge in [-0.25, -0.2) is 0 Å². The zero-order valence-electron chi connectivity index (χ0n) is 11.9. The molecule has 0 unspecified atom stereocenters. The summed E-state index contributed by atoms with van der Waals surface area (Å²) in [4.78, 5) is 0. The Bertz CT molecular complexity index is 332. The second-order valence-electron chi connectivity index (χ2n) is 4.54. The van der Waals surface area contributed by atoms with Crippen molar-refractivity contribution in [1.29, 1.82) is 0 Å². The molecule has 0 spiro atoms.